The number of aromatic amines is 1. The number of rotatable bonds is 7. The first-order valence-electron chi connectivity index (χ1n) is 9.59. The van der Waals surface area contributed by atoms with Crippen molar-refractivity contribution in [2.24, 2.45) is 5.92 Å². The van der Waals surface area contributed by atoms with Crippen LogP contribution in [-0.4, -0.2) is 47.5 Å². The van der Waals surface area contributed by atoms with Crippen LogP contribution in [0.15, 0.2) is 24.4 Å². The number of piperidine rings is 1. The summed E-state index contributed by atoms with van der Waals surface area (Å²) in [6, 6.07) is 6.18. The van der Waals surface area contributed by atoms with Crippen LogP contribution < -0.4 is 4.74 Å². The Hall–Kier alpha value is -1.62. The Morgan fingerprint density at radius 3 is 2.81 bits per heavy atom. The quantitative estimate of drug-likeness (QED) is 0.717. The van der Waals surface area contributed by atoms with Crippen molar-refractivity contribution in [2.75, 3.05) is 31.7 Å². The number of nitrogens with zero attached hydrogens (tertiary/aromatic N) is 1. The number of nitrogens with one attached hydrogen (secondary N) is 1. The number of hydrogen-bond acceptors (Lipinski definition) is 3. The normalized spacial score (nSPS) is 15.8. The zero-order valence-corrected chi connectivity index (χ0v) is 16.9. The third kappa shape index (κ3) is 4.56. The van der Waals surface area contributed by atoms with E-state index in [-0.39, 0.29) is 0 Å². The van der Waals surface area contributed by atoms with Crippen molar-refractivity contribution in [1.29, 1.82) is 0 Å². The number of methoxy groups -OCH3 is 1. The molecule has 26 heavy (non-hydrogen) atoms. The number of ether oxygens (including phenoxy) is 1. The molecule has 1 aliphatic heterocycles. The highest BCUT2D eigenvalue weighted by molar-refractivity contribution is 7.99. The van der Waals surface area contributed by atoms with E-state index in [1.807, 2.05) is 11.0 Å². The van der Waals surface area contributed by atoms with Crippen LogP contribution in [0.5, 0.6) is 5.75 Å². The van der Waals surface area contributed by atoms with E-state index in [1.165, 1.54) is 17.4 Å². The van der Waals surface area contributed by atoms with Crippen LogP contribution >= 0.6 is 11.8 Å². The molecule has 0 unspecified atom stereocenters. The molecule has 4 nitrogen and oxygen atoms in total. The standard InChI is InChI=1S/C21H30N2O2S/c1-15(2)8-11-26-14-21(24)23-9-6-16(7-10-23)19-13-22-20-5-4-17(25-3)12-18(19)20/h4-5,12-13,15-16,22H,6-11,14H2,1-3H3. The van der Waals surface area contributed by atoms with E-state index in [2.05, 4.69) is 37.2 Å². The molecule has 1 aliphatic rings. The molecule has 0 spiro atoms. The van der Waals surface area contributed by atoms with Crippen molar-refractivity contribution >= 4 is 28.6 Å². The molecule has 5 heteroatoms. The van der Waals surface area contributed by atoms with E-state index in [4.69, 9.17) is 4.74 Å². The molecule has 0 radical (unpaired) electrons. The third-order valence-electron chi connectivity index (χ3n) is 5.27. The summed E-state index contributed by atoms with van der Waals surface area (Å²) in [6.45, 7) is 6.19. The second-order valence-corrected chi connectivity index (χ2v) is 8.65. The molecule has 2 heterocycles. The summed E-state index contributed by atoms with van der Waals surface area (Å²) in [5.74, 6) is 4.12. The molecule has 2 aromatic rings. The van der Waals surface area contributed by atoms with Crippen molar-refractivity contribution in [2.45, 2.75) is 39.0 Å². The van der Waals surface area contributed by atoms with E-state index in [0.29, 0.717) is 23.5 Å². The highest BCUT2D eigenvalue weighted by Crippen LogP contribution is 2.34. The molecule has 0 saturated carbocycles. The highest BCUT2D eigenvalue weighted by Gasteiger charge is 2.25. The van der Waals surface area contributed by atoms with Crippen LogP contribution in [0.3, 0.4) is 0 Å². The van der Waals surface area contributed by atoms with E-state index >= 15 is 0 Å². The topological polar surface area (TPSA) is 45.3 Å². The van der Waals surface area contributed by atoms with Crippen LogP contribution in [-0.2, 0) is 4.79 Å². The SMILES string of the molecule is COc1ccc2[nH]cc(C3CCN(C(=O)CSCCC(C)C)CC3)c2c1. The van der Waals surface area contributed by atoms with E-state index in [0.717, 1.165) is 43.0 Å². The lowest BCUT2D eigenvalue weighted by Crippen LogP contribution is -2.39. The first-order chi connectivity index (χ1) is 12.6. The van der Waals surface area contributed by atoms with Gasteiger partial charge in [-0.3, -0.25) is 4.79 Å². The summed E-state index contributed by atoms with van der Waals surface area (Å²) >= 11 is 1.78. The van der Waals surface area contributed by atoms with Crippen LogP contribution in [0.2, 0.25) is 0 Å². The predicted molar refractivity (Wildman–Crippen MR) is 110 cm³/mol. The molecule has 1 amide bonds. The lowest BCUT2D eigenvalue weighted by atomic mass is 9.89. The maximum atomic E-state index is 12.4. The number of likely N-dealkylation sites (tertiary alicyclic amines) is 1. The number of carbonyl (C=O) groups excluding carboxylic acids is 1. The first kappa shape index (κ1) is 19.2. The molecule has 142 valence electrons. The van der Waals surface area contributed by atoms with Crippen molar-refractivity contribution in [3.8, 4) is 5.75 Å². The van der Waals surface area contributed by atoms with Crippen molar-refractivity contribution < 1.29 is 9.53 Å². The summed E-state index contributed by atoms with van der Waals surface area (Å²) in [5.41, 5.74) is 2.51. The highest BCUT2D eigenvalue weighted by atomic mass is 32.2. The van der Waals surface area contributed by atoms with Gasteiger partial charge in [-0.15, -0.1) is 0 Å². The largest absolute Gasteiger partial charge is 0.497 e. The van der Waals surface area contributed by atoms with Crippen molar-refractivity contribution in [3.05, 3.63) is 30.0 Å². The number of amides is 1. The molecule has 1 aromatic heterocycles. The zero-order chi connectivity index (χ0) is 18.5. The maximum Gasteiger partial charge on any atom is 0.232 e. The molecule has 0 aliphatic carbocycles. The van der Waals surface area contributed by atoms with Gasteiger partial charge in [0.15, 0.2) is 0 Å². The summed E-state index contributed by atoms with van der Waals surface area (Å²) in [4.78, 5) is 17.8. The van der Waals surface area contributed by atoms with E-state index in [1.54, 1.807) is 18.9 Å². The van der Waals surface area contributed by atoms with Gasteiger partial charge >= 0.3 is 0 Å². The van der Waals surface area contributed by atoms with Crippen LogP contribution in [0.1, 0.15) is 44.6 Å². The minimum atomic E-state index is 0.304. The first-order valence-corrected chi connectivity index (χ1v) is 10.7. The number of aromatic nitrogens is 1. The van der Waals surface area contributed by atoms with Gasteiger partial charge < -0.3 is 14.6 Å². The smallest absolute Gasteiger partial charge is 0.232 e. The Bertz CT molecular complexity index is 733. The fourth-order valence-corrected chi connectivity index (χ4v) is 4.74. The van der Waals surface area contributed by atoms with Crippen LogP contribution in [0.4, 0.5) is 0 Å². The van der Waals surface area contributed by atoms with Crippen LogP contribution in [0.25, 0.3) is 10.9 Å². The molecule has 1 aromatic carbocycles. The number of H-pyrrole nitrogens is 1. The van der Waals surface area contributed by atoms with Gasteiger partial charge in [0.25, 0.3) is 0 Å². The van der Waals surface area contributed by atoms with Gasteiger partial charge in [0.2, 0.25) is 5.91 Å². The van der Waals surface area contributed by atoms with Gasteiger partial charge in [-0.25, -0.2) is 0 Å². The molecule has 1 N–H and O–H groups in total. The second-order valence-electron chi connectivity index (χ2n) is 7.55. The van der Waals surface area contributed by atoms with Gasteiger partial charge in [-0.2, -0.15) is 11.8 Å². The van der Waals surface area contributed by atoms with E-state index < -0.39 is 0 Å². The Morgan fingerprint density at radius 1 is 1.35 bits per heavy atom. The number of thioether (sulfide) groups is 1. The lowest BCUT2D eigenvalue weighted by Gasteiger charge is -2.32. The molecule has 0 bridgehead atoms. The third-order valence-corrected chi connectivity index (χ3v) is 6.25. The molecule has 1 saturated heterocycles. The summed E-state index contributed by atoms with van der Waals surface area (Å²) in [6.07, 6.45) is 5.39. The number of hydrogen-bond donors (Lipinski definition) is 1. The number of benzene rings is 1. The predicted octanol–water partition coefficient (Wildman–Crippen LogP) is 4.66. The maximum absolute atomic E-state index is 12.4. The molecular weight excluding hydrogens is 344 g/mol. The average Bonchev–Trinajstić information content (AvgIpc) is 3.08. The zero-order valence-electron chi connectivity index (χ0n) is 16.1. The molecule has 1 fully saturated rings. The summed E-state index contributed by atoms with van der Waals surface area (Å²) in [7, 11) is 1.71. The summed E-state index contributed by atoms with van der Waals surface area (Å²) < 4.78 is 5.37. The summed E-state index contributed by atoms with van der Waals surface area (Å²) in [5, 5.41) is 1.25. The van der Waals surface area contributed by atoms with Crippen LogP contribution in [0, 0.1) is 5.92 Å². The monoisotopic (exact) mass is 374 g/mol. The number of carbonyl (C=O) groups is 1. The Morgan fingerprint density at radius 2 is 2.12 bits per heavy atom. The van der Waals surface area contributed by atoms with Gasteiger partial charge in [0.1, 0.15) is 5.75 Å². The second kappa shape index (κ2) is 8.85. The Balaban J connectivity index is 1.54. The van der Waals surface area contributed by atoms with Gasteiger partial charge in [-0.05, 0) is 60.6 Å². The molecule has 0 atom stereocenters. The van der Waals surface area contributed by atoms with Crippen molar-refractivity contribution in [1.82, 2.24) is 9.88 Å². The minimum Gasteiger partial charge on any atom is -0.497 e. The van der Waals surface area contributed by atoms with Crippen molar-refractivity contribution in [3.63, 3.8) is 0 Å². The number of fused-ring (bicyclic) bond motifs is 1. The minimum absolute atomic E-state index is 0.304. The van der Waals surface area contributed by atoms with Gasteiger partial charge in [0.05, 0.1) is 12.9 Å². The lowest BCUT2D eigenvalue weighted by molar-refractivity contribution is -0.129. The molecular formula is C21H30N2O2S. The Kier molecular flexibility index (Phi) is 6.52. The van der Waals surface area contributed by atoms with E-state index in [9.17, 15) is 4.79 Å². The van der Waals surface area contributed by atoms with Gasteiger partial charge in [0, 0.05) is 30.2 Å². The Labute approximate surface area is 160 Å². The fourth-order valence-electron chi connectivity index (χ4n) is 3.60. The fraction of sp³-hybridized carbons (Fsp3) is 0.571. The van der Waals surface area contributed by atoms with Gasteiger partial charge in [-0.1, -0.05) is 13.8 Å². The average molecular weight is 375 g/mol. The molecule has 3 rings (SSSR count).